The maximum atomic E-state index is 6.25. The molecule has 2 heterocycles. The zero-order valence-corrected chi connectivity index (χ0v) is 12.6. The van der Waals surface area contributed by atoms with Crippen LogP contribution in [0.25, 0.3) is 0 Å². The van der Waals surface area contributed by atoms with E-state index in [1.165, 1.54) is 33.3 Å². The Kier molecular flexibility index (Phi) is 3.23. The van der Waals surface area contributed by atoms with Gasteiger partial charge in [-0.3, -0.25) is 0 Å². The molecule has 2 aromatic heterocycles. The van der Waals surface area contributed by atoms with E-state index in [0.29, 0.717) is 6.04 Å². The summed E-state index contributed by atoms with van der Waals surface area (Å²) in [5.41, 5.74) is 10.3. The minimum absolute atomic E-state index is 0.217. The smallest absolute Gasteiger partial charge is 0.115 e. The second-order valence-corrected chi connectivity index (χ2v) is 6.81. The first-order valence-electron chi connectivity index (χ1n) is 6.96. The van der Waals surface area contributed by atoms with Crippen LogP contribution in [0.4, 0.5) is 0 Å². The van der Waals surface area contributed by atoms with Gasteiger partial charge >= 0.3 is 0 Å². The number of thiazole rings is 1. The van der Waals surface area contributed by atoms with Crippen molar-refractivity contribution in [3.05, 3.63) is 39.1 Å². The van der Waals surface area contributed by atoms with Gasteiger partial charge < -0.3 is 10.3 Å². The predicted octanol–water partition coefficient (Wildman–Crippen LogP) is 3.51. The lowest BCUT2D eigenvalue weighted by Gasteiger charge is -2.23. The Morgan fingerprint density at radius 1 is 1.47 bits per heavy atom. The molecule has 2 aromatic rings. The highest BCUT2D eigenvalue weighted by Crippen LogP contribution is 2.35. The number of fused-ring (bicyclic) bond motifs is 1. The van der Waals surface area contributed by atoms with Crippen molar-refractivity contribution in [2.75, 3.05) is 0 Å². The second kappa shape index (κ2) is 4.76. The minimum atomic E-state index is 0.217. The van der Waals surface area contributed by atoms with E-state index in [1.807, 2.05) is 6.20 Å². The van der Waals surface area contributed by atoms with Crippen molar-refractivity contribution in [3.63, 3.8) is 0 Å². The molecule has 3 rings (SSSR count). The molecule has 3 nitrogen and oxygen atoms in total. The Bertz CT molecular complexity index is 597. The molecule has 0 aliphatic heterocycles. The standard InChI is InChI=1S/C15H21N3S/c1-9-7-12-13(16)5-4-6-14(12)18(9)11(3)15-17-8-10(2)19-15/h7-8,11,13H,4-6,16H2,1-3H3. The van der Waals surface area contributed by atoms with Crippen molar-refractivity contribution in [2.24, 2.45) is 5.73 Å². The lowest BCUT2D eigenvalue weighted by Crippen LogP contribution is -2.20. The molecule has 19 heavy (non-hydrogen) atoms. The number of nitrogens with two attached hydrogens (primary N) is 1. The fourth-order valence-electron chi connectivity index (χ4n) is 3.18. The third kappa shape index (κ3) is 2.13. The molecule has 0 fully saturated rings. The first-order valence-corrected chi connectivity index (χ1v) is 7.78. The number of aryl methyl sites for hydroxylation is 2. The molecule has 1 aliphatic rings. The van der Waals surface area contributed by atoms with Crippen LogP contribution in [-0.4, -0.2) is 9.55 Å². The first-order chi connectivity index (χ1) is 9.08. The molecule has 0 radical (unpaired) electrons. The van der Waals surface area contributed by atoms with Crippen molar-refractivity contribution >= 4 is 11.3 Å². The summed E-state index contributed by atoms with van der Waals surface area (Å²) in [6.45, 7) is 6.54. The quantitative estimate of drug-likeness (QED) is 0.911. The molecular weight excluding hydrogens is 254 g/mol. The molecule has 2 unspecified atom stereocenters. The summed E-state index contributed by atoms with van der Waals surface area (Å²) < 4.78 is 2.44. The third-order valence-electron chi connectivity index (χ3n) is 4.08. The Hall–Kier alpha value is -1.13. The molecular formula is C15H21N3S. The predicted molar refractivity (Wildman–Crippen MR) is 79.7 cm³/mol. The van der Waals surface area contributed by atoms with E-state index in [0.717, 1.165) is 12.8 Å². The van der Waals surface area contributed by atoms with Gasteiger partial charge in [0, 0.05) is 28.5 Å². The molecule has 0 spiro atoms. The summed E-state index contributed by atoms with van der Waals surface area (Å²) in [7, 11) is 0. The van der Waals surface area contributed by atoms with E-state index in [2.05, 4.69) is 36.4 Å². The average molecular weight is 275 g/mol. The van der Waals surface area contributed by atoms with E-state index in [1.54, 1.807) is 11.3 Å². The van der Waals surface area contributed by atoms with Crippen LogP contribution >= 0.6 is 11.3 Å². The maximum Gasteiger partial charge on any atom is 0.115 e. The molecule has 0 saturated heterocycles. The summed E-state index contributed by atoms with van der Waals surface area (Å²) >= 11 is 1.79. The van der Waals surface area contributed by atoms with Crippen molar-refractivity contribution in [1.29, 1.82) is 0 Å². The first kappa shape index (κ1) is 12.9. The molecule has 0 amide bonds. The Morgan fingerprint density at radius 2 is 2.26 bits per heavy atom. The molecule has 4 heteroatoms. The van der Waals surface area contributed by atoms with Gasteiger partial charge in [0.1, 0.15) is 5.01 Å². The number of hydrogen-bond acceptors (Lipinski definition) is 3. The summed E-state index contributed by atoms with van der Waals surface area (Å²) in [4.78, 5) is 5.82. The SMILES string of the molecule is Cc1cnc(C(C)n2c(C)cc3c2CCCC3N)s1. The van der Waals surface area contributed by atoms with Crippen LogP contribution in [0.3, 0.4) is 0 Å². The molecule has 0 saturated carbocycles. The van der Waals surface area contributed by atoms with Crippen molar-refractivity contribution in [1.82, 2.24) is 9.55 Å². The normalized spacial score (nSPS) is 20.3. The fourth-order valence-corrected chi connectivity index (χ4v) is 3.99. The van der Waals surface area contributed by atoms with E-state index in [-0.39, 0.29) is 6.04 Å². The molecule has 2 atom stereocenters. The summed E-state index contributed by atoms with van der Waals surface area (Å²) in [6, 6.07) is 2.80. The molecule has 1 aliphatic carbocycles. The lowest BCUT2D eigenvalue weighted by molar-refractivity contribution is 0.521. The minimum Gasteiger partial charge on any atom is -0.339 e. The Morgan fingerprint density at radius 3 is 2.95 bits per heavy atom. The summed E-state index contributed by atoms with van der Waals surface area (Å²) in [5.74, 6) is 0. The Labute approximate surface area is 118 Å². The zero-order chi connectivity index (χ0) is 13.6. The molecule has 102 valence electrons. The molecule has 0 aromatic carbocycles. The highest BCUT2D eigenvalue weighted by atomic mass is 32.1. The monoisotopic (exact) mass is 275 g/mol. The second-order valence-electron chi connectivity index (χ2n) is 5.54. The van der Waals surface area contributed by atoms with E-state index < -0.39 is 0 Å². The van der Waals surface area contributed by atoms with Crippen molar-refractivity contribution in [3.8, 4) is 0 Å². The van der Waals surface area contributed by atoms with Gasteiger partial charge in [0.05, 0.1) is 6.04 Å². The highest BCUT2D eigenvalue weighted by Gasteiger charge is 2.25. The molecule has 2 N–H and O–H groups in total. The van der Waals surface area contributed by atoms with Crippen LogP contribution in [0.1, 0.15) is 58.7 Å². The van der Waals surface area contributed by atoms with Gasteiger partial charge in [-0.2, -0.15) is 0 Å². The van der Waals surface area contributed by atoms with Crippen molar-refractivity contribution < 1.29 is 0 Å². The topological polar surface area (TPSA) is 43.8 Å². The average Bonchev–Trinajstić information content (AvgIpc) is 2.93. The number of nitrogens with zero attached hydrogens (tertiary/aromatic N) is 2. The van der Waals surface area contributed by atoms with E-state index in [4.69, 9.17) is 5.73 Å². The van der Waals surface area contributed by atoms with Crippen molar-refractivity contribution in [2.45, 2.75) is 52.1 Å². The van der Waals surface area contributed by atoms with Crippen LogP contribution in [0.2, 0.25) is 0 Å². The van der Waals surface area contributed by atoms with Gasteiger partial charge in [-0.1, -0.05) is 0 Å². The highest BCUT2D eigenvalue weighted by molar-refractivity contribution is 7.11. The summed E-state index contributed by atoms with van der Waals surface area (Å²) in [5, 5.41) is 1.19. The van der Waals surface area contributed by atoms with Crippen LogP contribution < -0.4 is 5.73 Å². The Balaban J connectivity index is 2.05. The van der Waals surface area contributed by atoms with Crippen LogP contribution in [0, 0.1) is 13.8 Å². The van der Waals surface area contributed by atoms with Crippen LogP contribution in [0.5, 0.6) is 0 Å². The van der Waals surface area contributed by atoms with E-state index >= 15 is 0 Å². The van der Waals surface area contributed by atoms with Gasteiger partial charge in [0.25, 0.3) is 0 Å². The van der Waals surface area contributed by atoms with Gasteiger partial charge in [-0.05, 0) is 51.7 Å². The largest absolute Gasteiger partial charge is 0.339 e. The lowest BCUT2D eigenvalue weighted by atomic mass is 9.93. The van der Waals surface area contributed by atoms with Gasteiger partial charge in [0.15, 0.2) is 0 Å². The number of aromatic nitrogens is 2. The van der Waals surface area contributed by atoms with Crippen LogP contribution in [-0.2, 0) is 6.42 Å². The van der Waals surface area contributed by atoms with Gasteiger partial charge in [-0.15, -0.1) is 11.3 Å². The molecule has 0 bridgehead atoms. The van der Waals surface area contributed by atoms with Gasteiger partial charge in [0.2, 0.25) is 0 Å². The van der Waals surface area contributed by atoms with Gasteiger partial charge in [-0.25, -0.2) is 4.98 Å². The third-order valence-corrected chi connectivity index (χ3v) is 5.16. The number of hydrogen-bond donors (Lipinski definition) is 1. The fraction of sp³-hybridized carbons (Fsp3) is 0.533. The number of rotatable bonds is 2. The van der Waals surface area contributed by atoms with E-state index in [9.17, 15) is 0 Å². The summed E-state index contributed by atoms with van der Waals surface area (Å²) in [6.07, 6.45) is 5.42. The zero-order valence-electron chi connectivity index (χ0n) is 11.8. The van der Waals surface area contributed by atoms with Crippen LogP contribution in [0.15, 0.2) is 12.3 Å². The maximum absolute atomic E-state index is 6.25.